The van der Waals surface area contributed by atoms with Crippen LogP contribution in [0.3, 0.4) is 0 Å². The van der Waals surface area contributed by atoms with E-state index in [-0.39, 0.29) is 0 Å². The van der Waals surface area contributed by atoms with E-state index in [4.69, 9.17) is 4.74 Å². The topological polar surface area (TPSA) is 24.5 Å². The lowest BCUT2D eigenvalue weighted by Crippen LogP contribution is -2.48. The highest BCUT2D eigenvalue weighted by Crippen LogP contribution is 2.30. The minimum absolute atomic E-state index is 0.622. The van der Waals surface area contributed by atoms with Crippen LogP contribution in [0.5, 0.6) is 0 Å². The number of rotatable bonds is 3. The summed E-state index contributed by atoms with van der Waals surface area (Å²) in [6, 6.07) is 1.44. The van der Waals surface area contributed by atoms with Gasteiger partial charge in [-0.2, -0.15) is 0 Å². The second-order valence-electron chi connectivity index (χ2n) is 5.05. The fraction of sp³-hybridized carbons (Fsp3) is 1.00. The average Bonchev–Trinajstić information content (AvgIpc) is 2.68. The summed E-state index contributed by atoms with van der Waals surface area (Å²) in [5.41, 5.74) is 0. The Labute approximate surface area is 93.2 Å². The second-order valence-corrected chi connectivity index (χ2v) is 5.05. The van der Waals surface area contributed by atoms with E-state index in [9.17, 15) is 0 Å². The Balaban J connectivity index is 1.83. The van der Waals surface area contributed by atoms with Crippen molar-refractivity contribution in [1.29, 1.82) is 0 Å². The third-order valence-electron chi connectivity index (χ3n) is 3.89. The molecule has 0 spiro atoms. The van der Waals surface area contributed by atoms with Gasteiger partial charge in [-0.15, -0.1) is 0 Å². The predicted molar refractivity (Wildman–Crippen MR) is 62.0 cm³/mol. The van der Waals surface area contributed by atoms with E-state index < -0.39 is 0 Å². The molecule has 3 nitrogen and oxygen atoms in total. The first-order chi connectivity index (χ1) is 7.31. The third kappa shape index (κ3) is 2.71. The summed E-state index contributed by atoms with van der Waals surface area (Å²) in [5, 5.41) is 3.30. The zero-order valence-electron chi connectivity index (χ0n) is 10.0. The smallest absolute Gasteiger partial charge is 0.0619 e. The number of hydrogen-bond donors (Lipinski definition) is 1. The summed E-state index contributed by atoms with van der Waals surface area (Å²) in [4.78, 5) is 2.67. The molecular weight excluding hydrogens is 188 g/mol. The van der Waals surface area contributed by atoms with Gasteiger partial charge in [-0.25, -0.2) is 0 Å². The molecule has 1 N–H and O–H groups in total. The van der Waals surface area contributed by atoms with E-state index in [1.807, 2.05) is 0 Å². The minimum Gasteiger partial charge on any atom is -0.379 e. The van der Waals surface area contributed by atoms with Crippen molar-refractivity contribution in [2.24, 2.45) is 5.92 Å². The highest BCUT2D eigenvalue weighted by molar-refractivity contribution is 4.87. The Morgan fingerprint density at radius 3 is 3.00 bits per heavy atom. The van der Waals surface area contributed by atoms with Gasteiger partial charge in [-0.05, 0) is 45.7 Å². The zero-order chi connectivity index (χ0) is 10.7. The first-order valence-electron chi connectivity index (χ1n) is 6.29. The molecule has 0 aromatic carbocycles. The standard InChI is InChI=1S/C12H24N2O/c1-10-9-15-6-5-14(10)12-4-3-11(7-12)8-13-2/h10-13H,3-9H2,1-2H3. The van der Waals surface area contributed by atoms with Gasteiger partial charge in [0.2, 0.25) is 0 Å². The number of hydrogen-bond acceptors (Lipinski definition) is 3. The van der Waals surface area contributed by atoms with Crippen molar-refractivity contribution < 1.29 is 4.74 Å². The van der Waals surface area contributed by atoms with Crippen molar-refractivity contribution in [2.45, 2.75) is 38.3 Å². The first kappa shape index (κ1) is 11.4. The van der Waals surface area contributed by atoms with Crippen molar-refractivity contribution >= 4 is 0 Å². The van der Waals surface area contributed by atoms with Crippen molar-refractivity contribution in [3.05, 3.63) is 0 Å². The molecule has 3 atom stereocenters. The Kier molecular flexibility index (Phi) is 4.00. The molecule has 1 saturated heterocycles. The van der Waals surface area contributed by atoms with Gasteiger partial charge >= 0.3 is 0 Å². The highest BCUT2D eigenvalue weighted by Gasteiger charge is 2.32. The number of nitrogens with zero attached hydrogens (tertiary/aromatic N) is 1. The number of nitrogens with one attached hydrogen (secondary N) is 1. The molecule has 0 radical (unpaired) electrons. The molecule has 1 aliphatic heterocycles. The summed E-state index contributed by atoms with van der Waals surface area (Å²) in [6.07, 6.45) is 4.16. The molecule has 2 rings (SSSR count). The van der Waals surface area contributed by atoms with E-state index in [2.05, 4.69) is 24.2 Å². The van der Waals surface area contributed by atoms with Crippen molar-refractivity contribution in [2.75, 3.05) is 33.4 Å². The van der Waals surface area contributed by atoms with Crippen LogP contribution >= 0.6 is 0 Å². The second kappa shape index (κ2) is 5.28. The molecule has 2 fully saturated rings. The number of ether oxygens (including phenoxy) is 1. The Morgan fingerprint density at radius 1 is 1.40 bits per heavy atom. The van der Waals surface area contributed by atoms with E-state index >= 15 is 0 Å². The van der Waals surface area contributed by atoms with E-state index in [1.54, 1.807) is 0 Å². The lowest BCUT2D eigenvalue weighted by molar-refractivity contribution is -0.0212. The molecule has 0 aromatic rings. The molecule has 15 heavy (non-hydrogen) atoms. The van der Waals surface area contributed by atoms with Crippen molar-refractivity contribution in [3.8, 4) is 0 Å². The van der Waals surface area contributed by atoms with Crippen LogP contribution in [-0.2, 0) is 4.74 Å². The Bertz CT molecular complexity index is 198. The SMILES string of the molecule is CNCC1CCC(N2CCOCC2C)C1. The molecule has 0 bridgehead atoms. The van der Waals surface area contributed by atoms with Crippen LogP contribution in [-0.4, -0.2) is 50.3 Å². The quantitative estimate of drug-likeness (QED) is 0.758. The monoisotopic (exact) mass is 212 g/mol. The van der Waals surface area contributed by atoms with Gasteiger partial charge in [0.15, 0.2) is 0 Å². The molecule has 3 heteroatoms. The van der Waals surface area contributed by atoms with Crippen LogP contribution in [0.2, 0.25) is 0 Å². The van der Waals surface area contributed by atoms with Crippen LogP contribution < -0.4 is 5.32 Å². The van der Waals surface area contributed by atoms with Crippen LogP contribution in [0.25, 0.3) is 0 Å². The maximum Gasteiger partial charge on any atom is 0.0619 e. The van der Waals surface area contributed by atoms with Gasteiger partial charge in [0.25, 0.3) is 0 Å². The van der Waals surface area contributed by atoms with E-state index in [0.717, 1.165) is 31.7 Å². The largest absolute Gasteiger partial charge is 0.379 e. The van der Waals surface area contributed by atoms with E-state index in [0.29, 0.717) is 6.04 Å². The Hall–Kier alpha value is -0.120. The molecule has 3 unspecified atom stereocenters. The van der Waals surface area contributed by atoms with Gasteiger partial charge in [-0.3, -0.25) is 4.90 Å². The molecule has 0 aromatic heterocycles. The maximum atomic E-state index is 5.49. The summed E-state index contributed by atoms with van der Waals surface area (Å²) in [7, 11) is 2.06. The minimum atomic E-state index is 0.622. The molecular formula is C12H24N2O. The summed E-state index contributed by atoms with van der Waals surface area (Å²) in [5.74, 6) is 0.898. The summed E-state index contributed by atoms with van der Waals surface area (Å²) in [6.45, 7) is 6.47. The van der Waals surface area contributed by atoms with E-state index in [1.165, 1.54) is 25.8 Å². The lowest BCUT2D eigenvalue weighted by atomic mass is 10.1. The lowest BCUT2D eigenvalue weighted by Gasteiger charge is -2.38. The maximum absolute atomic E-state index is 5.49. The zero-order valence-corrected chi connectivity index (χ0v) is 10.0. The first-order valence-corrected chi connectivity index (χ1v) is 6.29. The fourth-order valence-corrected chi connectivity index (χ4v) is 3.11. The predicted octanol–water partition coefficient (Wildman–Crippen LogP) is 1.10. The molecule has 1 aliphatic carbocycles. The van der Waals surface area contributed by atoms with Crippen molar-refractivity contribution in [1.82, 2.24) is 10.2 Å². The number of morpholine rings is 1. The highest BCUT2D eigenvalue weighted by atomic mass is 16.5. The van der Waals surface area contributed by atoms with Gasteiger partial charge in [0, 0.05) is 18.6 Å². The van der Waals surface area contributed by atoms with Crippen LogP contribution in [0.15, 0.2) is 0 Å². The van der Waals surface area contributed by atoms with Crippen LogP contribution in [0.1, 0.15) is 26.2 Å². The summed E-state index contributed by atoms with van der Waals surface area (Å²) >= 11 is 0. The average molecular weight is 212 g/mol. The molecule has 0 amide bonds. The van der Waals surface area contributed by atoms with Gasteiger partial charge in [0.1, 0.15) is 0 Å². The Morgan fingerprint density at radius 2 is 2.27 bits per heavy atom. The third-order valence-corrected chi connectivity index (χ3v) is 3.89. The van der Waals surface area contributed by atoms with Gasteiger partial charge < -0.3 is 10.1 Å². The van der Waals surface area contributed by atoms with Crippen LogP contribution in [0, 0.1) is 5.92 Å². The fourth-order valence-electron chi connectivity index (χ4n) is 3.11. The molecule has 2 aliphatic rings. The molecule has 1 heterocycles. The van der Waals surface area contributed by atoms with Crippen molar-refractivity contribution in [3.63, 3.8) is 0 Å². The summed E-state index contributed by atoms with van der Waals surface area (Å²) < 4.78 is 5.49. The van der Waals surface area contributed by atoms with Gasteiger partial charge in [-0.1, -0.05) is 0 Å². The molecule has 1 saturated carbocycles. The van der Waals surface area contributed by atoms with Gasteiger partial charge in [0.05, 0.1) is 13.2 Å². The normalized spacial score (nSPS) is 38.4. The van der Waals surface area contributed by atoms with Crippen LogP contribution in [0.4, 0.5) is 0 Å². The molecule has 88 valence electrons.